The van der Waals surface area contributed by atoms with Crippen molar-refractivity contribution in [2.45, 2.75) is 187 Å². The highest BCUT2D eigenvalue weighted by atomic mass is 16.7. The molecule has 2 amide bonds. The van der Waals surface area contributed by atoms with Gasteiger partial charge in [-0.1, -0.05) is 20.8 Å². The van der Waals surface area contributed by atoms with E-state index in [1.165, 1.54) is 52.9 Å². The number of Topliss-reactive ketones (excluding diaryl/α,β-unsaturated/α-hetero) is 1. The third kappa shape index (κ3) is 13.4. The average molecular weight is 1010 g/mol. The van der Waals surface area contributed by atoms with Crippen molar-refractivity contribution in [2.75, 3.05) is 47.6 Å². The van der Waals surface area contributed by atoms with Gasteiger partial charge in [-0.15, -0.1) is 0 Å². The lowest BCUT2D eigenvalue weighted by molar-refractivity contribution is -0.320. The van der Waals surface area contributed by atoms with E-state index in [9.17, 15) is 28.8 Å². The van der Waals surface area contributed by atoms with Crippen LogP contribution >= 0.6 is 0 Å². The third-order valence-electron chi connectivity index (χ3n) is 14.6. The Morgan fingerprint density at radius 2 is 1.51 bits per heavy atom. The summed E-state index contributed by atoms with van der Waals surface area (Å²) >= 11 is 0. The predicted molar refractivity (Wildman–Crippen MR) is 252 cm³/mol. The monoisotopic (exact) mass is 1010 g/mol. The van der Waals surface area contributed by atoms with Crippen molar-refractivity contribution in [1.29, 1.82) is 0 Å². The number of morpholine rings is 1. The minimum Gasteiger partial charge on any atom is -0.457 e. The van der Waals surface area contributed by atoms with E-state index in [1.54, 1.807) is 79.2 Å². The zero-order chi connectivity index (χ0) is 52.7. The number of likely N-dealkylation sites (N-methyl/N-ethyl adjacent to an activating group) is 1. The second-order valence-electron chi connectivity index (χ2n) is 20.2. The van der Waals surface area contributed by atoms with Gasteiger partial charge in [-0.3, -0.25) is 19.2 Å². The number of allylic oxidation sites excluding steroid dienone is 1. The fourth-order valence-corrected chi connectivity index (χ4v) is 10.6. The minimum absolute atomic E-state index is 0.0267. The highest BCUT2D eigenvalue weighted by Crippen LogP contribution is 2.42. The Morgan fingerprint density at radius 1 is 0.873 bits per heavy atom. The minimum atomic E-state index is -1.67. The average Bonchev–Trinajstić information content (AvgIpc) is 3.88. The van der Waals surface area contributed by atoms with Gasteiger partial charge in [0.25, 0.3) is 0 Å². The number of methoxy groups -OCH3 is 2. The van der Waals surface area contributed by atoms with Gasteiger partial charge in [0.2, 0.25) is 0 Å². The molecule has 0 saturated carbocycles. The number of urea groups is 1. The highest BCUT2D eigenvalue weighted by Gasteiger charge is 2.55. The molecule has 5 rings (SSSR count). The number of ketones is 1. The molecule has 0 aromatic carbocycles. The van der Waals surface area contributed by atoms with E-state index in [4.69, 9.17) is 52.1 Å². The second-order valence-corrected chi connectivity index (χ2v) is 20.2. The van der Waals surface area contributed by atoms with Gasteiger partial charge in [-0.05, 0) is 79.4 Å². The number of carbonyl (C=O) groups excluding carboxylic acids is 6. The molecule has 5 heterocycles. The number of hydrogen-bond donors (Lipinski definition) is 0. The first-order chi connectivity index (χ1) is 33.3. The number of nitrogens with zero attached hydrogens (tertiary/aromatic N) is 4. The first kappa shape index (κ1) is 57.4. The van der Waals surface area contributed by atoms with Gasteiger partial charge in [0.15, 0.2) is 36.2 Å². The summed E-state index contributed by atoms with van der Waals surface area (Å²) in [6.45, 7) is 21.3. The third-order valence-corrected chi connectivity index (χ3v) is 14.6. The molecular weight excluding hydrogens is 929 g/mol. The number of esters is 3. The Bertz CT molecular complexity index is 2050. The van der Waals surface area contributed by atoms with Crippen LogP contribution in [0.2, 0.25) is 0 Å². The van der Waals surface area contributed by atoms with Crippen molar-refractivity contribution in [3.63, 3.8) is 0 Å². The van der Waals surface area contributed by atoms with Crippen LogP contribution in [-0.4, -0.2) is 181 Å². The van der Waals surface area contributed by atoms with Crippen molar-refractivity contribution in [3.8, 4) is 0 Å². The molecule has 1 aromatic heterocycles. The Kier molecular flexibility index (Phi) is 19.4. The fourth-order valence-electron chi connectivity index (χ4n) is 10.6. The summed E-state index contributed by atoms with van der Waals surface area (Å²) in [6, 6.07) is -1.01. The first-order valence-electron chi connectivity index (χ1n) is 24.6. The van der Waals surface area contributed by atoms with E-state index in [1.807, 2.05) is 6.92 Å². The Labute approximate surface area is 417 Å². The van der Waals surface area contributed by atoms with Crippen LogP contribution in [0.4, 0.5) is 9.59 Å². The number of aromatic nitrogens is 2. The first-order valence-corrected chi connectivity index (χ1v) is 24.6. The van der Waals surface area contributed by atoms with Crippen molar-refractivity contribution in [1.82, 2.24) is 19.4 Å². The van der Waals surface area contributed by atoms with Gasteiger partial charge in [0.05, 0.1) is 55.2 Å². The molecule has 0 bridgehead atoms. The molecule has 0 unspecified atom stereocenters. The van der Waals surface area contributed by atoms with Crippen LogP contribution < -0.4 is 0 Å². The SMILES string of the molecule is CC[C@H]1OC(=O)[C@H](C)[C@@H](O[C@H]2C[C@@](C)(OC)[C@@H](OC(C)=O)[C@H](C)O2)[C@H](C)[C@@H](O[C@@H]2O[C@H](C)C[C@H](N(C)C(=O)N3CCOCC3)[C@H]2OC(C)=O)[C@](C)(OC)C[C@@H](C)C(=O)/C(C)=C/[C@]1(C)OC(=O)n1ccnc1. The standard InChI is InChI=1S/C50H78N4O17/c1-16-37-48(10,71-47(60)54-18-17-51-27-54)24-28(2)39(57)29(3)25-49(11,61-14)42(70-45-41(66-34(8)55)36(23-30(4)64-45)52(13)46(59)53-19-21-63-22-20-53)31(5)40(32(6)44(58)68-37)69-38-26-50(12,62-15)43(33(7)65-38)67-35(9)56/h17-18,24,27,29-33,36-38,40-43,45H,16,19-23,25-26H2,1-15H3/b28-24+/t29-,30-,31+,32-,33+,36+,37-,38+,40+,41-,42-,43+,45+,48+,49-,50-/m1/s1. The number of hydrogen-bond acceptors (Lipinski definition) is 18. The van der Waals surface area contributed by atoms with E-state index in [0.29, 0.717) is 26.3 Å². The van der Waals surface area contributed by atoms with E-state index < -0.39 is 120 Å². The van der Waals surface area contributed by atoms with Crippen molar-refractivity contribution in [3.05, 3.63) is 30.4 Å². The number of amides is 2. The molecule has 3 saturated heterocycles. The molecule has 4 aliphatic heterocycles. The maximum absolute atomic E-state index is 15.0. The number of carbonyl (C=O) groups is 6. The van der Waals surface area contributed by atoms with Crippen LogP contribution in [0.3, 0.4) is 0 Å². The van der Waals surface area contributed by atoms with Gasteiger partial charge in [-0.25, -0.2) is 19.1 Å². The number of cyclic esters (lactones) is 1. The van der Waals surface area contributed by atoms with Crippen LogP contribution in [0.1, 0.15) is 109 Å². The molecule has 0 spiro atoms. The van der Waals surface area contributed by atoms with Crippen LogP contribution in [0, 0.1) is 17.8 Å². The quantitative estimate of drug-likeness (QED) is 0.204. The molecule has 0 radical (unpaired) electrons. The predicted octanol–water partition coefficient (Wildman–Crippen LogP) is 5.24. The summed E-state index contributed by atoms with van der Waals surface area (Å²) in [4.78, 5) is 89.7. The van der Waals surface area contributed by atoms with Gasteiger partial charge >= 0.3 is 30.0 Å². The van der Waals surface area contributed by atoms with Crippen molar-refractivity contribution in [2.24, 2.45) is 17.8 Å². The Hall–Kier alpha value is -4.51. The number of imidazole rings is 1. The van der Waals surface area contributed by atoms with Crippen molar-refractivity contribution < 1.29 is 80.9 Å². The van der Waals surface area contributed by atoms with Gasteiger partial charge < -0.3 is 61.9 Å². The highest BCUT2D eigenvalue weighted by molar-refractivity contribution is 5.96. The fraction of sp³-hybridized carbons (Fsp3) is 0.780. The molecule has 16 atom stereocenters. The summed E-state index contributed by atoms with van der Waals surface area (Å²) in [7, 11) is 4.62. The van der Waals surface area contributed by atoms with E-state index >= 15 is 0 Å². The van der Waals surface area contributed by atoms with Crippen LogP contribution in [-0.2, 0) is 71.3 Å². The maximum atomic E-state index is 15.0. The molecular formula is C50H78N4O17. The summed E-state index contributed by atoms with van der Waals surface area (Å²) in [6.07, 6.45) is -3.79. The van der Waals surface area contributed by atoms with Gasteiger partial charge in [0, 0.05) is 78.9 Å². The van der Waals surface area contributed by atoms with Crippen LogP contribution in [0.5, 0.6) is 0 Å². The smallest absolute Gasteiger partial charge is 0.420 e. The molecule has 21 heteroatoms. The lowest BCUT2D eigenvalue weighted by atomic mass is 9.76. The zero-order valence-corrected chi connectivity index (χ0v) is 44.2. The summed E-state index contributed by atoms with van der Waals surface area (Å²) in [5.41, 5.74) is -3.97. The largest absolute Gasteiger partial charge is 0.457 e. The molecule has 1 aromatic rings. The van der Waals surface area contributed by atoms with Gasteiger partial charge in [0.1, 0.15) is 18.0 Å². The molecule has 0 aliphatic carbocycles. The Morgan fingerprint density at radius 3 is 2.08 bits per heavy atom. The molecule has 0 N–H and O–H groups in total. The molecule has 3 fully saturated rings. The van der Waals surface area contributed by atoms with E-state index in [2.05, 4.69) is 4.98 Å². The Balaban J connectivity index is 1.66. The molecule has 21 nitrogen and oxygen atoms in total. The zero-order valence-electron chi connectivity index (χ0n) is 44.2. The number of ether oxygens (including phenoxy) is 11. The van der Waals surface area contributed by atoms with Crippen molar-refractivity contribution >= 4 is 35.8 Å². The maximum Gasteiger partial charge on any atom is 0.420 e. The van der Waals surface area contributed by atoms with Gasteiger partial charge in [-0.2, -0.15) is 0 Å². The molecule has 400 valence electrons. The topological polar surface area (TPSA) is 228 Å². The molecule has 4 aliphatic rings. The number of rotatable bonds is 11. The lowest BCUT2D eigenvalue weighted by Gasteiger charge is -2.50. The normalized spacial score (nSPS) is 38.4. The summed E-state index contributed by atoms with van der Waals surface area (Å²) in [5, 5.41) is 0. The summed E-state index contributed by atoms with van der Waals surface area (Å²) < 4.78 is 70.4. The van der Waals surface area contributed by atoms with Crippen LogP contribution in [0.15, 0.2) is 30.4 Å². The lowest BCUT2D eigenvalue weighted by Crippen LogP contribution is -2.63. The molecule has 71 heavy (non-hydrogen) atoms. The van der Waals surface area contributed by atoms with E-state index in [0.717, 1.165) is 4.57 Å². The summed E-state index contributed by atoms with van der Waals surface area (Å²) in [5.74, 6) is -5.03. The van der Waals surface area contributed by atoms with Crippen LogP contribution in [0.25, 0.3) is 0 Å². The second kappa shape index (κ2) is 24.0. The van der Waals surface area contributed by atoms with E-state index in [-0.39, 0.29) is 43.1 Å².